The number of carbonyl (C=O) groups excluding carboxylic acids is 2. The van der Waals surface area contributed by atoms with Gasteiger partial charge in [-0.25, -0.2) is 8.78 Å². The maximum atomic E-state index is 13.6. The number of hydrogen-bond donors (Lipinski definition) is 1. The van der Waals surface area contributed by atoms with Gasteiger partial charge < -0.3 is 10.2 Å². The minimum Gasteiger partial charge on any atom is -0.351 e. The van der Waals surface area contributed by atoms with Gasteiger partial charge in [0.2, 0.25) is 5.91 Å². The van der Waals surface area contributed by atoms with Gasteiger partial charge in [0.1, 0.15) is 11.6 Å². The fourth-order valence-corrected chi connectivity index (χ4v) is 2.71. The summed E-state index contributed by atoms with van der Waals surface area (Å²) >= 11 is 0. The van der Waals surface area contributed by atoms with E-state index >= 15 is 0 Å². The van der Waals surface area contributed by atoms with E-state index in [0.717, 1.165) is 17.7 Å². The minimum absolute atomic E-state index is 0.0712. The first kappa shape index (κ1) is 21.5. The predicted octanol–water partition coefficient (Wildman–Crippen LogP) is 4.04. The highest BCUT2D eigenvalue weighted by Crippen LogP contribution is 2.22. The maximum Gasteiger partial charge on any atom is 0.254 e. The van der Waals surface area contributed by atoms with Crippen molar-refractivity contribution in [2.24, 2.45) is 0 Å². The van der Waals surface area contributed by atoms with Crippen LogP contribution in [0.4, 0.5) is 8.78 Å². The lowest BCUT2D eigenvalue weighted by Crippen LogP contribution is -2.32. The van der Waals surface area contributed by atoms with Crippen LogP contribution in [0.5, 0.6) is 0 Å². The van der Waals surface area contributed by atoms with Gasteiger partial charge in [-0.2, -0.15) is 0 Å². The second-order valence-corrected chi connectivity index (χ2v) is 7.83. The molecular formula is C22H26F2N2O2. The highest BCUT2D eigenvalue weighted by Gasteiger charge is 2.15. The summed E-state index contributed by atoms with van der Waals surface area (Å²) in [5.74, 6) is -2.49. The van der Waals surface area contributed by atoms with Crippen LogP contribution < -0.4 is 5.32 Å². The van der Waals surface area contributed by atoms with E-state index in [-0.39, 0.29) is 29.9 Å². The zero-order valence-corrected chi connectivity index (χ0v) is 16.7. The molecule has 28 heavy (non-hydrogen) atoms. The van der Waals surface area contributed by atoms with Gasteiger partial charge in [-0.05, 0) is 28.7 Å². The molecule has 0 heterocycles. The highest BCUT2D eigenvalue weighted by atomic mass is 19.1. The van der Waals surface area contributed by atoms with Crippen LogP contribution in [-0.4, -0.2) is 30.3 Å². The SMILES string of the molecule is CN(Cc1ccc(C(C)(C)C)cc1)C(=O)CCNC(=O)c1ccc(F)cc1F. The third kappa shape index (κ3) is 5.87. The fraction of sp³-hybridized carbons (Fsp3) is 0.364. The Hall–Kier alpha value is -2.76. The van der Waals surface area contributed by atoms with E-state index in [1.54, 1.807) is 11.9 Å². The number of rotatable bonds is 6. The second kappa shape index (κ2) is 8.95. The molecule has 1 N–H and O–H groups in total. The van der Waals surface area contributed by atoms with Gasteiger partial charge in [0, 0.05) is 32.6 Å². The Bertz CT molecular complexity index is 843. The smallest absolute Gasteiger partial charge is 0.254 e. The molecule has 0 spiro atoms. The van der Waals surface area contributed by atoms with E-state index in [0.29, 0.717) is 12.6 Å². The van der Waals surface area contributed by atoms with E-state index in [1.807, 2.05) is 12.1 Å². The van der Waals surface area contributed by atoms with Crippen LogP contribution in [0.25, 0.3) is 0 Å². The van der Waals surface area contributed by atoms with E-state index < -0.39 is 17.5 Å². The predicted molar refractivity (Wildman–Crippen MR) is 105 cm³/mol. The molecule has 0 bridgehead atoms. The Kier molecular flexibility index (Phi) is 6.89. The van der Waals surface area contributed by atoms with Crippen LogP contribution in [-0.2, 0) is 16.8 Å². The molecule has 0 radical (unpaired) electrons. The lowest BCUT2D eigenvalue weighted by atomic mass is 9.87. The molecule has 0 unspecified atom stereocenters. The summed E-state index contributed by atoms with van der Waals surface area (Å²) < 4.78 is 26.5. The average Bonchev–Trinajstić information content (AvgIpc) is 2.61. The molecular weight excluding hydrogens is 362 g/mol. The standard InChI is InChI=1S/C22H26F2N2O2/c1-22(2,3)16-7-5-15(6-8-16)14-26(4)20(27)11-12-25-21(28)18-10-9-17(23)13-19(18)24/h5-10,13H,11-12,14H2,1-4H3,(H,25,28). The first-order chi connectivity index (χ1) is 13.1. The lowest BCUT2D eigenvalue weighted by molar-refractivity contribution is -0.130. The largest absolute Gasteiger partial charge is 0.351 e. The van der Waals surface area contributed by atoms with Gasteiger partial charge in [0.15, 0.2) is 0 Å². The molecule has 2 aromatic rings. The number of hydrogen-bond acceptors (Lipinski definition) is 2. The molecule has 0 saturated heterocycles. The number of nitrogens with one attached hydrogen (secondary N) is 1. The molecule has 0 aliphatic carbocycles. The van der Waals surface area contributed by atoms with Crippen molar-refractivity contribution in [2.45, 2.75) is 39.2 Å². The summed E-state index contributed by atoms with van der Waals surface area (Å²) in [6, 6.07) is 10.9. The molecule has 2 aromatic carbocycles. The van der Waals surface area contributed by atoms with Gasteiger partial charge >= 0.3 is 0 Å². The molecule has 0 atom stereocenters. The molecule has 0 saturated carbocycles. The number of halogens is 2. The second-order valence-electron chi connectivity index (χ2n) is 7.83. The normalized spacial score (nSPS) is 11.2. The van der Waals surface area contributed by atoms with Crippen LogP contribution >= 0.6 is 0 Å². The first-order valence-electron chi connectivity index (χ1n) is 9.14. The summed E-state index contributed by atoms with van der Waals surface area (Å²) in [6.45, 7) is 6.96. The fourth-order valence-electron chi connectivity index (χ4n) is 2.71. The lowest BCUT2D eigenvalue weighted by Gasteiger charge is -2.21. The van der Waals surface area contributed by atoms with E-state index in [2.05, 4.69) is 38.2 Å². The minimum atomic E-state index is -0.931. The van der Waals surface area contributed by atoms with Crippen LogP contribution in [0, 0.1) is 11.6 Å². The molecule has 2 amide bonds. The summed E-state index contributed by atoms with van der Waals surface area (Å²) in [6.07, 6.45) is 0.0884. The number of amides is 2. The Morgan fingerprint density at radius 3 is 2.25 bits per heavy atom. The molecule has 0 aliphatic rings. The molecule has 2 rings (SSSR count). The number of carbonyl (C=O) groups is 2. The summed E-state index contributed by atoms with van der Waals surface area (Å²) in [4.78, 5) is 25.8. The van der Waals surface area contributed by atoms with Gasteiger partial charge in [-0.3, -0.25) is 9.59 Å². The monoisotopic (exact) mass is 388 g/mol. The van der Waals surface area contributed by atoms with Crippen molar-refractivity contribution in [3.63, 3.8) is 0 Å². The Morgan fingerprint density at radius 2 is 1.68 bits per heavy atom. The third-order valence-electron chi connectivity index (χ3n) is 4.47. The van der Waals surface area contributed by atoms with Crippen LogP contribution in [0.2, 0.25) is 0 Å². The van der Waals surface area contributed by atoms with Crippen molar-refractivity contribution in [3.8, 4) is 0 Å². The zero-order chi connectivity index (χ0) is 20.9. The van der Waals surface area contributed by atoms with Crippen LogP contribution in [0.15, 0.2) is 42.5 Å². The van der Waals surface area contributed by atoms with Gasteiger partial charge in [0.25, 0.3) is 5.91 Å². The van der Waals surface area contributed by atoms with Crippen LogP contribution in [0.1, 0.15) is 48.7 Å². The topological polar surface area (TPSA) is 49.4 Å². The highest BCUT2D eigenvalue weighted by molar-refractivity contribution is 5.94. The van der Waals surface area contributed by atoms with Crippen LogP contribution in [0.3, 0.4) is 0 Å². The zero-order valence-electron chi connectivity index (χ0n) is 16.7. The molecule has 0 aliphatic heterocycles. The Balaban J connectivity index is 1.83. The molecule has 150 valence electrons. The Morgan fingerprint density at radius 1 is 1.04 bits per heavy atom. The summed E-state index contributed by atoms with van der Waals surface area (Å²) in [5, 5.41) is 2.48. The van der Waals surface area contributed by atoms with E-state index in [4.69, 9.17) is 0 Å². The van der Waals surface area contributed by atoms with Crippen molar-refractivity contribution in [1.82, 2.24) is 10.2 Å². The maximum absolute atomic E-state index is 13.6. The molecule has 4 nitrogen and oxygen atoms in total. The van der Waals surface area contributed by atoms with Crippen molar-refractivity contribution in [1.29, 1.82) is 0 Å². The van der Waals surface area contributed by atoms with Gasteiger partial charge in [-0.15, -0.1) is 0 Å². The van der Waals surface area contributed by atoms with Crippen molar-refractivity contribution in [2.75, 3.05) is 13.6 Å². The Labute approximate surface area is 164 Å². The quantitative estimate of drug-likeness (QED) is 0.812. The van der Waals surface area contributed by atoms with Crippen molar-refractivity contribution < 1.29 is 18.4 Å². The summed E-state index contributed by atoms with van der Waals surface area (Å²) in [7, 11) is 1.70. The third-order valence-corrected chi connectivity index (χ3v) is 4.47. The first-order valence-corrected chi connectivity index (χ1v) is 9.14. The van der Waals surface area contributed by atoms with E-state index in [1.165, 1.54) is 5.56 Å². The van der Waals surface area contributed by atoms with Gasteiger partial charge in [-0.1, -0.05) is 45.0 Å². The number of benzene rings is 2. The van der Waals surface area contributed by atoms with Crippen molar-refractivity contribution >= 4 is 11.8 Å². The summed E-state index contributed by atoms with van der Waals surface area (Å²) in [5.41, 5.74) is 2.06. The van der Waals surface area contributed by atoms with E-state index in [9.17, 15) is 18.4 Å². The van der Waals surface area contributed by atoms with Gasteiger partial charge in [0.05, 0.1) is 5.56 Å². The van der Waals surface area contributed by atoms with Crippen molar-refractivity contribution in [3.05, 3.63) is 70.8 Å². The molecule has 6 heteroatoms. The molecule has 0 aromatic heterocycles. The molecule has 0 fully saturated rings. The number of nitrogens with zero attached hydrogens (tertiary/aromatic N) is 1. The average molecular weight is 388 g/mol.